The van der Waals surface area contributed by atoms with Gasteiger partial charge in [0.1, 0.15) is 6.29 Å². The maximum Gasteiger partial charge on any atom is 0.217 e. The van der Waals surface area contributed by atoms with E-state index in [1.165, 1.54) is 13.3 Å². The topological polar surface area (TPSA) is 155 Å². The van der Waals surface area contributed by atoms with E-state index in [1.54, 1.807) is 7.05 Å². The number of benzene rings is 1. The van der Waals surface area contributed by atoms with Crippen molar-refractivity contribution in [2.45, 2.75) is 19.1 Å². The van der Waals surface area contributed by atoms with Gasteiger partial charge in [-0.3, -0.25) is 9.63 Å². The molecular formula is C18H33CmN5O5-2. The predicted molar refractivity (Wildman–Crippen MR) is 108 cm³/mol. The normalized spacial score (nSPS) is 10.6. The van der Waals surface area contributed by atoms with Crippen LogP contribution in [0, 0.1) is 7.43 Å². The molecule has 0 saturated carbocycles. The first kappa shape index (κ1) is 33.2. The number of hydrogen-bond donors (Lipinski definition) is 6. The molecule has 2 unspecified atom stereocenters. The molecule has 0 spiro atoms. The summed E-state index contributed by atoms with van der Waals surface area (Å²) in [5.74, 6) is -0.0856. The molecule has 7 N–H and O–H groups in total. The molecule has 0 aliphatic carbocycles. The van der Waals surface area contributed by atoms with Gasteiger partial charge in [0.2, 0.25) is 5.91 Å². The van der Waals surface area contributed by atoms with E-state index in [0.717, 1.165) is 0 Å². The summed E-state index contributed by atoms with van der Waals surface area (Å²) in [6, 6.07) is 11.4. The summed E-state index contributed by atoms with van der Waals surface area (Å²) in [5.41, 5.74) is 7.25. The number of carbonyl (C=O) groups excluding carboxylic acids is 3. The van der Waals surface area contributed by atoms with Crippen molar-refractivity contribution >= 4 is 18.6 Å². The summed E-state index contributed by atoms with van der Waals surface area (Å²) < 4.78 is 0. The zero-order valence-corrected chi connectivity index (χ0v) is 20.0. The number of carbonyl (C=O) groups is 2. The number of aliphatic hydroxyl groups is 1. The summed E-state index contributed by atoms with van der Waals surface area (Å²) >= 11 is 0. The number of aliphatic hydroxyl groups excluding tert-OH is 1. The van der Waals surface area contributed by atoms with E-state index in [0.29, 0.717) is 12.8 Å². The second kappa shape index (κ2) is 26.9. The molecule has 2 atom stereocenters. The molecule has 10 nitrogen and oxygen atoms in total. The first-order valence-corrected chi connectivity index (χ1v) is 8.21. The van der Waals surface area contributed by atoms with Gasteiger partial charge in [-0.05, 0) is 7.05 Å². The van der Waals surface area contributed by atoms with Crippen LogP contribution in [0.15, 0.2) is 36.4 Å². The molecule has 2 amide bonds. The van der Waals surface area contributed by atoms with E-state index in [-0.39, 0.29) is 33.2 Å². The molecule has 0 aliphatic rings. The predicted octanol–water partition coefficient (Wildman–Crippen LogP) is -1.51. The van der Waals surface area contributed by atoms with Crippen LogP contribution in [0.3, 0.4) is 0 Å². The van der Waals surface area contributed by atoms with Crippen LogP contribution >= 0.6 is 0 Å². The van der Waals surface area contributed by atoms with E-state index in [2.05, 4.69) is 21.4 Å². The van der Waals surface area contributed by atoms with Crippen LogP contribution in [-0.4, -0.2) is 69.3 Å². The Morgan fingerprint density at radius 2 is 1.76 bits per heavy atom. The maximum absolute atomic E-state index is 10.1. The molecular weight excluding hydrogens is 613 g/mol. The fourth-order valence-corrected chi connectivity index (χ4v) is 1.45. The Morgan fingerprint density at radius 3 is 2.07 bits per heavy atom. The molecule has 170 valence electrons. The van der Waals surface area contributed by atoms with Gasteiger partial charge in [-0.1, -0.05) is 36.4 Å². The van der Waals surface area contributed by atoms with Crippen LogP contribution in [0.1, 0.15) is 6.92 Å². The van der Waals surface area contributed by atoms with E-state index in [1.807, 2.05) is 36.4 Å². The minimum atomic E-state index is -0.783. The summed E-state index contributed by atoms with van der Waals surface area (Å²) in [7, 11) is 1.68. The Kier molecular flexibility index (Phi) is 30.8. The zero-order chi connectivity index (χ0) is 20.8. The van der Waals surface area contributed by atoms with Gasteiger partial charge in [0.15, 0.2) is 0 Å². The quantitative estimate of drug-likeness (QED) is 0.0424. The number of hydrogen-bond acceptors (Lipinski definition) is 8. The van der Waals surface area contributed by atoms with Crippen LogP contribution in [0.2, 0.25) is 0 Å². The Hall–Kier alpha value is -3.37. The van der Waals surface area contributed by atoms with Gasteiger partial charge in [-0.25, -0.2) is 0 Å². The molecule has 0 saturated heterocycles. The van der Waals surface area contributed by atoms with Crippen LogP contribution in [0.25, 0.3) is 0 Å². The molecule has 0 radical (unpaired) electrons. The van der Waals surface area contributed by atoms with E-state index >= 15 is 0 Å². The Labute approximate surface area is 167 Å². The van der Waals surface area contributed by atoms with Crippen molar-refractivity contribution in [3.05, 3.63) is 43.8 Å². The second-order valence-electron chi connectivity index (χ2n) is 4.90. The molecule has 0 aliphatic heterocycles. The molecule has 0 bridgehead atoms. The fourth-order valence-electron chi connectivity index (χ4n) is 1.45. The number of aldehydes is 1. The molecule has 29 heavy (non-hydrogen) atoms. The SMILES string of the molecule is CC(=O)NCN.CNCC(O)C(CONCC=O)N[C-]=O.[CH3-].[Cm].c1ccccc1. The van der Waals surface area contributed by atoms with Crippen molar-refractivity contribution < 1.29 is 24.3 Å². The van der Waals surface area contributed by atoms with Crippen LogP contribution in [-0.2, 0) is 19.2 Å². The molecule has 11 heteroatoms. The Balaban J connectivity index is -0.000000185. The molecule has 1 aromatic rings. The van der Waals surface area contributed by atoms with Crippen LogP contribution in [0.5, 0.6) is 0 Å². The number of amides is 2. The summed E-state index contributed by atoms with van der Waals surface area (Å²) in [4.78, 5) is 34.7. The molecule has 0 aromatic heterocycles. The largest absolute Gasteiger partial charge is 0.523 e. The molecule has 0 fully saturated rings. The third-order valence-corrected chi connectivity index (χ3v) is 2.67. The van der Waals surface area contributed by atoms with Crippen LogP contribution < -0.4 is 27.2 Å². The summed E-state index contributed by atoms with van der Waals surface area (Å²) in [6.45, 7) is 2.07. The summed E-state index contributed by atoms with van der Waals surface area (Å²) in [6.07, 6.45) is 1.34. The van der Waals surface area contributed by atoms with Gasteiger partial charge in [0.05, 0.1) is 32.0 Å². The third-order valence-electron chi connectivity index (χ3n) is 2.67. The van der Waals surface area contributed by atoms with Gasteiger partial charge < -0.3 is 43.8 Å². The number of likely N-dealkylation sites (N-methyl/N-ethyl adjacent to an activating group) is 1. The smallest absolute Gasteiger partial charge is 0.217 e. The average molecular weight is 646 g/mol. The van der Waals surface area contributed by atoms with Gasteiger partial charge in [-0.15, -0.1) is 0 Å². The maximum atomic E-state index is 10.1. The Morgan fingerprint density at radius 1 is 1.24 bits per heavy atom. The van der Waals surface area contributed by atoms with Crippen molar-refractivity contribution in [3.8, 4) is 0 Å². The van der Waals surface area contributed by atoms with E-state index in [9.17, 15) is 19.5 Å². The van der Waals surface area contributed by atoms with Crippen molar-refractivity contribution in [2.24, 2.45) is 5.73 Å². The third kappa shape index (κ3) is 27.0. The number of rotatable bonds is 11. The minimum absolute atomic E-state index is 0. The van der Waals surface area contributed by atoms with Gasteiger partial charge >= 0.3 is 0 Å². The summed E-state index contributed by atoms with van der Waals surface area (Å²) in [5, 5.41) is 16.9. The van der Waals surface area contributed by atoms with Gasteiger partial charge in [0, 0.05) is 13.5 Å². The van der Waals surface area contributed by atoms with Crippen molar-refractivity contribution in [1.82, 2.24) is 21.4 Å². The van der Waals surface area contributed by atoms with E-state index < -0.39 is 12.1 Å². The fraction of sp³-hybridized carbons (Fsp3) is 0.444. The van der Waals surface area contributed by atoms with E-state index in [4.69, 9.17) is 10.6 Å². The first-order valence-electron chi connectivity index (χ1n) is 8.21. The van der Waals surface area contributed by atoms with Crippen molar-refractivity contribution in [2.75, 3.05) is 33.4 Å². The number of nitrogens with two attached hydrogens (primary N) is 1. The Bertz CT molecular complexity index is 445. The second-order valence-corrected chi connectivity index (χ2v) is 4.90. The molecule has 0 heterocycles. The minimum Gasteiger partial charge on any atom is -0.523 e. The number of nitrogens with one attached hydrogen (secondary N) is 4. The average Bonchev–Trinajstić information content (AvgIpc) is 2.67. The molecule has 1 rings (SSSR count). The zero-order valence-electron chi connectivity index (χ0n) is 17.0. The van der Waals surface area contributed by atoms with Crippen LogP contribution in [0.4, 0.5) is 0 Å². The first-order chi connectivity index (χ1) is 13.0. The van der Waals surface area contributed by atoms with Crippen molar-refractivity contribution in [3.63, 3.8) is 0 Å². The van der Waals surface area contributed by atoms with Crippen molar-refractivity contribution in [1.29, 1.82) is 0 Å². The van der Waals surface area contributed by atoms with Gasteiger partial charge in [-0.2, -0.15) is 11.9 Å². The molecule has 1 aromatic carbocycles. The monoisotopic (exact) mass is 642 g/mol. The van der Waals surface area contributed by atoms with Gasteiger partial charge in [0.25, 0.3) is 0 Å². The standard InChI is InChI=1S/C8H16N3O4.C6H6.C3H8N2O.CH3.Cm/c1-9-4-8(14)7(10-6-13)5-15-11-2-3-12;1-2-4-6-5-3-1;1-3(6)5-2-4;;/h3,7-9,11,14H,2,4-5H2,1H3,(H,10,13);1-6H;2,4H2,1H3,(H,5,6);1H3;/q-1;;;-1;. The number of hydroxylamine groups is 1.